The number of carbonyl (C=O) groups is 1. The summed E-state index contributed by atoms with van der Waals surface area (Å²) in [4.78, 5) is 25.3. The molecule has 2 aromatic rings. The molecule has 25 heavy (non-hydrogen) atoms. The molecule has 0 aliphatic carbocycles. The molecule has 1 amide bonds. The van der Waals surface area contributed by atoms with Crippen LogP contribution in [0.25, 0.3) is 0 Å². The van der Waals surface area contributed by atoms with Crippen LogP contribution in [0.2, 0.25) is 5.02 Å². The summed E-state index contributed by atoms with van der Waals surface area (Å²) in [6, 6.07) is 11.1. The maximum Gasteiger partial charge on any atom is 0.270 e. The number of nitro groups is 1. The highest BCUT2D eigenvalue weighted by Crippen LogP contribution is 2.28. The monoisotopic (exact) mass is 361 g/mol. The number of nitrogens with one attached hydrogen (secondary N) is 1. The zero-order valence-electron chi connectivity index (χ0n) is 13.3. The first-order valence-corrected chi connectivity index (χ1v) is 8.11. The van der Waals surface area contributed by atoms with Crippen LogP contribution in [0.4, 0.5) is 17.1 Å². The predicted octanol–water partition coefficient (Wildman–Crippen LogP) is 3.34. The average Bonchev–Trinajstić information content (AvgIpc) is 2.63. The largest absolute Gasteiger partial charge is 0.378 e. The smallest absolute Gasteiger partial charge is 0.270 e. The molecule has 0 atom stereocenters. The Labute approximate surface area is 149 Å². The maximum absolute atomic E-state index is 12.8. The Kier molecular flexibility index (Phi) is 5.16. The first-order chi connectivity index (χ1) is 12.1. The molecule has 0 radical (unpaired) electrons. The van der Waals surface area contributed by atoms with Gasteiger partial charge in [-0.25, -0.2) is 0 Å². The van der Waals surface area contributed by atoms with Gasteiger partial charge in [0.1, 0.15) is 0 Å². The van der Waals surface area contributed by atoms with Crippen LogP contribution in [-0.4, -0.2) is 37.1 Å². The number of hydrogen-bond acceptors (Lipinski definition) is 5. The van der Waals surface area contributed by atoms with Gasteiger partial charge in [0, 0.05) is 25.2 Å². The summed E-state index contributed by atoms with van der Waals surface area (Å²) in [6.45, 7) is 2.32. The molecule has 0 unspecified atom stereocenters. The van der Waals surface area contributed by atoms with Crippen LogP contribution < -0.4 is 10.2 Å². The SMILES string of the molecule is O=C(Nc1ccccc1Cl)c1cc([N+](=O)[O-])ccc1N1CCOCC1. The van der Waals surface area contributed by atoms with Crippen molar-refractivity contribution in [2.24, 2.45) is 0 Å². The second kappa shape index (κ2) is 7.50. The number of ether oxygens (including phenoxy) is 1. The zero-order chi connectivity index (χ0) is 17.8. The molecule has 1 fully saturated rings. The molecule has 2 aromatic carbocycles. The highest BCUT2D eigenvalue weighted by Gasteiger charge is 2.22. The van der Waals surface area contributed by atoms with Crippen LogP contribution in [0, 0.1) is 10.1 Å². The van der Waals surface area contributed by atoms with Crippen molar-refractivity contribution >= 4 is 34.6 Å². The number of morpholine rings is 1. The van der Waals surface area contributed by atoms with Gasteiger partial charge in [0.15, 0.2) is 0 Å². The van der Waals surface area contributed by atoms with Gasteiger partial charge in [-0.1, -0.05) is 23.7 Å². The van der Waals surface area contributed by atoms with Crippen LogP contribution >= 0.6 is 11.6 Å². The molecule has 3 rings (SSSR count). The molecular formula is C17H16ClN3O4. The number of rotatable bonds is 4. The number of benzene rings is 2. The third-order valence-corrected chi connectivity index (χ3v) is 4.24. The first-order valence-electron chi connectivity index (χ1n) is 7.73. The number of non-ortho nitro benzene ring substituents is 1. The predicted molar refractivity (Wildman–Crippen MR) is 95.5 cm³/mol. The van der Waals surface area contributed by atoms with Gasteiger partial charge in [-0.3, -0.25) is 14.9 Å². The number of nitrogens with zero attached hydrogens (tertiary/aromatic N) is 2. The lowest BCUT2D eigenvalue weighted by Gasteiger charge is -2.30. The number of hydrogen-bond donors (Lipinski definition) is 1. The first kappa shape index (κ1) is 17.2. The van der Waals surface area contributed by atoms with Gasteiger partial charge in [-0.15, -0.1) is 0 Å². The van der Waals surface area contributed by atoms with Crippen LogP contribution in [-0.2, 0) is 4.74 Å². The molecule has 8 heteroatoms. The van der Waals surface area contributed by atoms with Gasteiger partial charge >= 0.3 is 0 Å². The lowest BCUT2D eigenvalue weighted by Crippen LogP contribution is -2.37. The second-order valence-corrected chi connectivity index (χ2v) is 5.90. The maximum atomic E-state index is 12.8. The molecule has 1 N–H and O–H groups in total. The van der Waals surface area contributed by atoms with Crippen molar-refractivity contribution in [3.63, 3.8) is 0 Å². The van der Waals surface area contributed by atoms with Crippen LogP contribution in [0.1, 0.15) is 10.4 Å². The van der Waals surface area contributed by atoms with Crippen molar-refractivity contribution in [1.82, 2.24) is 0 Å². The Hall–Kier alpha value is -2.64. The van der Waals surface area contributed by atoms with E-state index in [-0.39, 0.29) is 11.3 Å². The van der Waals surface area contributed by atoms with Gasteiger partial charge in [-0.2, -0.15) is 0 Å². The van der Waals surface area contributed by atoms with Crippen molar-refractivity contribution in [1.29, 1.82) is 0 Å². The number of carbonyl (C=O) groups excluding carboxylic acids is 1. The fourth-order valence-electron chi connectivity index (χ4n) is 2.65. The van der Waals surface area contributed by atoms with E-state index in [2.05, 4.69) is 5.32 Å². The van der Waals surface area contributed by atoms with E-state index in [1.54, 1.807) is 30.3 Å². The minimum absolute atomic E-state index is 0.138. The molecule has 1 aliphatic heterocycles. The van der Waals surface area contributed by atoms with Crippen molar-refractivity contribution in [2.45, 2.75) is 0 Å². The molecule has 0 aromatic heterocycles. The van der Waals surface area contributed by atoms with Crippen LogP contribution in [0.15, 0.2) is 42.5 Å². The quantitative estimate of drug-likeness (QED) is 0.667. The molecule has 130 valence electrons. The Morgan fingerprint density at radius 2 is 1.92 bits per heavy atom. The molecule has 1 aliphatic rings. The molecule has 1 saturated heterocycles. The molecular weight excluding hydrogens is 346 g/mol. The molecule has 0 bridgehead atoms. The van der Waals surface area contributed by atoms with E-state index in [1.165, 1.54) is 12.1 Å². The summed E-state index contributed by atoms with van der Waals surface area (Å²) >= 11 is 6.08. The Morgan fingerprint density at radius 3 is 2.60 bits per heavy atom. The van der Waals surface area contributed by atoms with E-state index < -0.39 is 10.8 Å². The highest BCUT2D eigenvalue weighted by atomic mass is 35.5. The summed E-state index contributed by atoms with van der Waals surface area (Å²) in [7, 11) is 0. The van der Waals surface area contributed by atoms with Crippen molar-refractivity contribution < 1.29 is 14.5 Å². The zero-order valence-corrected chi connectivity index (χ0v) is 14.0. The van der Waals surface area contributed by atoms with Crippen LogP contribution in [0.3, 0.4) is 0 Å². The fraction of sp³-hybridized carbons (Fsp3) is 0.235. The lowest BCUT2D eigenvalue weighted by molar-refractivity contribution is -0.384. The summed E-state index contributed by atoms with van der Waals surface area (Å²) in [6.07, 6.45) is 0. The summed E-state index contributed by atoms with van der Waals surface area (Å²) < 4.78 is 5.33. The van der Waals surface area contributed by atoms with E-state index in [9.17, 15) is 14.9 Å². The topological polar surface area (TPSA) is 84.7 Å². The summed E-state index contributed by atoms with van der Waals surface area (Å²) in [5.41, 5.74) is 1.18. The summed E-state index contributed by atoms with van der Waals surface area (Å²) in [5.74, 6) is -0.446. The number of para-hydroxylation sites is 1. The Morgan fingerprint density at radius 1 is 1.20 bits per heavy atom. The Bertz CT molecular complexity index is 806. The molecule has 0 saturated carbocycles. The van der Waals surface area contributed by atoms with Gasteiger partial charge in [0.25, 0.3) is 11.6 Å². The van der Waals surface area contributed by atoms with E-state index in [0.29, 0.717) is 42.7 Å². The van der Waals surface area contributed by atoms with Crippen molar-refractivity contribution in [3.8, 4) is 0 Å². The fourth-order valence-corrected chi connectivity index (χ4v) is 2.83. The van der Waals surface area contributed by atoms with E-state index in [0.717, 1.165) is 0 Å². The lowest BCUT2D eigenvalue weighted by atomic mass is 10.1. The number of amides is 1. The summed E-state index contributed by atoms with van der Waals surface area (Å²) in [5, 5.41) is 14.2. The second-order valence-electron chi connectivity index (χ2n) is 5.49. The number of halogens is 1. The van der Waals surface area contributed by atoms with E-state index >= 15 is 0 Å². The van der Waals surface area contributed by atoms with Crippen molar-refractivity contribution in [2.75, 3.05) is 36.5 Å². The number of nitro benzene ring substituents is 1. The highest BCUT2D eigenvalue weighted by molar-refractivity contribution is 6.34. The minimum Gasteiger partial charge on any atom is -0.378 e. The van der Waals surface area contributed by atoms with Gasteiger partial charge in [-0.05, 0) is 18.2 Å². The standard InChI is InChI=1S/C17H16ClN3O4/c18-14-3-1-2-4-15(14)19-17(22)13-11-12(21(23)24)5-6-16(13)20-7-9-25-10-8-20/h1-6,11H,7-10H2,(H,19,22). The van der Waals surface area contributed by atoms with Gasteiger partial charge in [0.05, 0.1) is 40.1 Å². The van der Waals surface area contributed by atoms with E-state index in [4.69, 9.17) is 16.3 Å². The molecule has 0 spiro atoms. The third-order valence-electron chi connectivity index (χ3n) is 3.91. The van der Waals surface area contributed by atoms with E-state index in [1.807, 2.05) is 4.90 Å². The average molecular weight is 362 g/mol. The third kappa shape index (κ3) is 3.89. The van der Waals surface area contributed by atoms with Gasteiger partial charge in [0.2, 0.25) is 0 Å². The molecule has 1 heterocycles. The van der Waals surface area contributed by atoms with Gasteiger partial charge < -0.3 is 15.0 Å². The number of anilines is 2. The molecule has 7 nitrogen and oxygen atoms in total. The Balaban J connectivity index is 1.96. The normalized spacial score (nSPS) is 14.2. The van der Waals surface area contributed by atoms with Crippen molar-refractivity contribution in [3.05, 3.63) is 63.2 Å². The van der Waals surface area contributed by atoms with Crippen LogP contribution in [0.5, 0.6) is 0 Å². The minimum atomic E-state index is -0.518.